The monoisotopic (exact) mass is 293 g/mol. The second-order valence-corrected chi connectivity index (χ2v) is 6.16. The van der Waals surface area contributed by atoms with Gasteiger partial charge in [-0.2, -0.15) is 0 Å². The van der Waals surface area contributed by atoms with Crippen LogP contribution < -0.4 is 0 Å². The first-order valence-corrected chi connectivity index (χ1v) is 8.14. The highest BCUT2D eigenvalue weighted by Gasteiger charge is 2.24. The van der Waals surface area contributed by atoms with Crippen molar-refractivity contribution in [1.82, 2.24) is 4.90 Å². The summed E-state index contributed by atoms with van der Waals surface area (Å²) in [6, 6.07) is 20.7. The topological polar surface area (TPSA) is 20.3 Å². The van der Waals surface area contributed by atoms with E-state index in [4.69, 9.17) is 0 Å². The zero-order valence-electron chi connectivity index (χ0n) is 12.9. The van der Waals surface area contributed by atoms with Gasteiger partial charge < -0.3 is 0 Å². The van der Waals surface area contributed by atoms with Crippen LogP contribution in [-0.4, -0.2) is 23.8 Å². The summed E-state index contributed by atoms with van der Waals surface area (Å²) in [5.41, 5.74) is 2.50. The Bertz CT molecular complexity index is 586. The number of benzene rings is 2. The van der Waals surface area contributed by atoms with Crippen LogP contribution >= 0.6 is 0 Å². The molecule has 1 aliphatic rings. The zero-order valence-corrected chi connectivity index (χ0v) is 12.9. The van der Waals surface area contributed by atoms with E-state index in [1.165, 1.54) is 5.56 Å². The number of carbonyl (C=O) groups is 1. The summed E-state index contributed by atoms with van der Waals surface area (Å²) >= 11 is 0. The third-order valence-corrected chi connectivity index (χ3v) is 4.51. The molecule has 0 unspecified atom stereocenters. The van der Waals surface area contributed by atoms with Crippen LogP contribution in [0.3, 0.4) is 0 Å². The van der Waals surface area contributed by atoms with Crippen molar-refractivity contribution in [3.05, 3.63) is 71.8 Å². The van der Waals surface area contributed by atoms with Crippen molar-refractivity contribution in [2.24, 2.45) is 5.92 Å². The van der Waals surface area contributed by atoms with Gasteiger partial charge in [-0.05, 0) is 37.1 Å². The lowest BCUT2D eigenvalue weighted by molar-refractivity contribution is -0.123. The molecule has 2 aromatic carbocycles. The number of piperidine rings is 1. The van der Waals surface area contributed by atoms with E-state index in [2.05, 4.69) is 35.2 Å². The van der Waals surface area contributed by atoms with E-state index in [1.54, 1.807) is 0 Å². The fourth-order valence-corrected chi connectivity index (χ4v) is 3.20. The minimum atomic E-state index is 0.243. The standard InChI is InChI=1S/C20H23NO/c22-20(15-17-7-3-1-4-8-17)19-11-13-21(14-12-19)16-18-9-5-2-6-10-18/h1-10,19H,11-16H2. The van der Waals surface area contributed by atoms with E-state index in [1.807, 2.05) is 30.3 Å². The number of hydrogen-bond donors (Lipinski definition) is 0. The fourth-order valence-electron chi connectivity index (χ4n) is 3.20. The molecule has 1 fully saturated rings. The Hall–Kier alpha value is -1.93. The molecule has 2 heteroatoms. The fraction of sp³-hybridized carbons (Fsp3) is 0.350. The highest BCUT2D eigenvalue weighted by atomic mass is 16.1. The Morgan fingerprint density at radius 2 is 1.41 bits per heavy atom. The van der Waals surface area contributed by atoms with Gasteiger partial charge in [0.15, 0.2) is 0 Å². The van der Waals surface area contributed by atoms with Crippen molar-refractivity contribution >= 4 is 5.78 Å². The molecule has 1 aliphatic heterocycles. The van der Waals surface area contributed by atoms with E-state index >= 15 is 0 Å². The smallest absolute Gasteiger partial charge is 0.140 e. The molecule has 0 N–H and O–H groups in total. The maximum Gasteiger partial charge on any atom is 0.140 e. The molecule has 3 rings (SSSR count). The van der Waals surface area contributed by atoms with Crippen molar-refractivity contribution in [3.63, 3.8) is 0 Å². The first kappa shape index (κ1) is 15.0. The third-order valence-electron chi connectivity index (χ3n) is 4.51. The summed E-state index contributed by atoms with van der Waals surface area (Å²) in [7, 11) is 0. The molecule has 2 nitrogen and oxygen atoms in total. The molecule has 0 atom stereocenters. The largest absolute Gasteiger partial charge is 0.299 e. The molecule has 0 saturated carbocycles. The molecule has 0 spiro atoms. The number of hydrogen-bond acceptors (Lipinski definition) is 2. The second-order valence-electron chi connectivity index (χ2n) is 6.16. The molecule has 22 heavy (non-hydrogen) atoms. The second kappa shape index (κ2) is 7.37. The molecule has 0 bridgehead atoms. The van der Waals surface area contributed by atoms with Gasteiger partial charge in [0.25, 0.3) is 0 Å². The van der Waals surface area contributed by atoms with Gasteiger partial charge in [0.05, 0.1) is 0 Å². The number of rotatable bonds is 5. The number of carbonyl (C=O) groups excluding carboxylic acids is 1. The molecule has 2 aromatic rings. The van der Waals surface area contributed by atoms with Crippen molar-refractivity contribution < 1.29 is 4.79 Å². The first-order valence-electron chi connectivity index (χ1n) is 8.14. The minimum absolute atomic E-state index is 0.243. The average molecular weight is 293 g/mol. The van der Waals surface area contributed by atoms with Gasteiger partial charge in [0.2, 0.25) is 0 Å². The molecular weight excluding hydrogens is 270 g/mol. The molecular formula is C20H23NO. The number of likely N-dealkylation sites (tertiary alicyclic amines) is 1. The predicted octanol–water partition coefficient (Wildman–Crippen LogP) is 3.71. The van der Waals surface area contributed by atoms with Crippen LogP contribution in [0.4, 0.5) is 0 Å². The Kier molecular flexibility index (Phi) is 5.02. The van der Waals surface area contributed by atoms with Crippen molar-refractivity contribution in [2.75, 3.05) is 13.1 Å². The van der Waals surface area contributed by atoms with E-state index in [9.17, 15) is 4.79 Å². The van der Waals surface area contributed by atoms with Crippen LogP contribution in [0.15, 0.2) is 60.7 Å². The summed E-state index contributed by atoms with van der Waals surface area (Å²) in [4.78, 5) is 14.9. The van der Waals surface area contributed by atoms with E-state index in [0.717, 1.165) is 38.0 Å². The number of Topliss-reactive ketones (excluding diaryl/α,β-unsaturated/α-hetero) is 1. The first-order chi connectivity index (χ1) is 10.8. The molecule has 0 radical (unpaired) electrons. The summed E-state index contributed by atoms with van der Waals surface area (Å²) in [6.45, 7) is 3.06. The van der Waals surface area contributed by atoms with E-state index in [0.29, 0.717) is 12.2 Å². The van der Waals surface area contributed by atoms with Gasteiger partial charge in [-0.25, -0.2) is 0 Å². The zero-order chi connectivity index (χ0) is 15.2. The lowest BCUT2D eigenvalue weighted by Gasteiger charge is -2.31. The Balaban J connectivity index is 1.48. The van der Waals surface area contributed by atoms with Gasteiger partial charge in [-0.15, -0.1) is 0 Å². The average Bonchev–Trinajstić information content (AvgIpc) is 2.57. The summed E-state index contributed by atoms with van der Waals surface area (Å²) in [6.07, 6.45) is 2.58. The van der Waals surface area contributed by atoms with Gasteiger partial charge in [-0.3, -0.25) is 9.69 Å². The Morgan fingerprint density at radius 3 is 2.00 bits per heavy atom. The van der Waals surface area contributed by atoms with Gasteiger partial charge in [0.1, 0.15) is 5.78 Å². The van der Waals surface area contributed by atoms with Gasteiger partial charge >= 0.3 is 0 Å². The Morgan fingerprint density at radius 1 is 0.864 bits per heavy atom. The Labute approximate surface area is 132 Å². The maximum atomic E-state index is 12.4. The number of nitrogens with zero attached hydrogens (tertiary/aromatic N) is 1. The molecule has 114 valence electrons. The van der Waals surface area contributed by atoms with Crippen molar-refractivity contribution in [1.29, 1.82) is 0 Å². The van der Waals surface area contributed by atoms with Crippen LogP contribution in [0.1, 0.15) is 24.0 Å². The normalized spacial score (nSPS) is 16.5. The lowest BCUT2D eigenvalue weighted by atomic mass is 9.89. The molecule has 0 aliphatic carbocycles. The molecule has 1 saturated heterocycles. The van der Waals surface area contributed by atoms with Crippen LogP contribution in [0.2, 0.25) is 0 Å². The highest BCUT2D eigenvalue weighted by molar-refractivity contribution is 5.83. The summed E-state index contributed by atoms with van der Waals surface area (Å²) < 4.78 is 0. The summed E-state index contributed by atoms with van der Waals surface area (Å²) in [5.74, 6) is 0.651. The minimum Gasteiger partial charge on any atom is -0.299 e. The maximum absolute atomic E-state index is 12.4. The number of ketones is 1. The van der Waals surface area contributed by atoms with Crippen LogP contribution in [0, 0.1) is 5.92 Å². The molecule has 1 heterocycles. The van der Waals surface area contributed by atoms with Crippen LogP contribution in [0.5, 0.6) is 0 Å². The van der Waals surface area contributed by atoms with E-state index < -0.39 is 0 Å². The molecule has 0 amide bonds. The molecule has 0 aromatic heterocycles. The van der Waals surface area contributed by atoms with E-state index in [-0.39, 0.29) is 5.92 Å². The third kappa shape index (κ3) is 4.05. The highest BCUT2D eigenvalue weighted by Crippen LogP contribution is 2.21. The van der Waals surface area contributed by atoms with Gasteiger partial charge in [-0.1, -0.05) is 60.7 Å². The lowest BCUT2D eigenvalue weighted by Crippen LogP contribution is -2.36. The van der Waals surface area contributed by atoms with Crippen molar-refractivity contribution in [2.45, 2.75) is 25.8 Å². The van der Waals surface area contributed by atoms with Crippen LogP contribution in [0.25, 0.3) is 0 Å². The van der Waals surface area contributed by atoms with Crippen LogP contribution in [-0.2, 0) is 17.8 Å². The van der Waals surface area contributed by atoms with Gasteiger partial charge in [0, 0.05) is 18.9 Å². The quantitative estimate of drug-likeness (QED) is 0.837. The van der Waals surface area contributed by atoms with Crippen molar-refractivity contribution in [3.8, 4) is 0 Å². The SMILES string of the molecule is O=C(Cc1ccccc1)C1CCN(Cc2ccccc2)CC1. The summed E-state index contributed by atoms with van der Waals surface area (Å²) in [5, 5.41) is 0. The predicted molar refractivity (Wildman–Crippen MR) is 89.6 cm³/mol.